The Morgan fingerprint density at radius 3 is 2.68 bits per heavy atom. The van der Waals surface area contributed by atoms with Crippen molar-refractivity contribution in [1.82, 2.24) is 20.1 Å². The van der Waals surface area contributed by atoms with Crippen molar-refractivity contribution in [2.45, 2.75) is 32.7 Å². The van der Waals surface area contributed by atoms with E-state index in [0.717, 1.165) is 10.7 Å². The summed E-state index contributed by atoms with van der Waals surface area (Å²) in [5, 5.41) is 10.9. The summed E-state index contributed by atoms with van der Waals surface area (Å²) in [5.74, 6) is 0.320. The van der Waals surface area contributed by atoms with Gasteiger partial charge in [-0.25, -0.2) is 10.1 Å². The van der Waals surface area contributed by atoms with Gasteiger partial charge >= 0.3 is 0 Å². The molecule has 0 unspecified atom stereocenters. The number of nitrogens with zero attached hydrogens (tertiary/aromatic N) is 3. The van der Waals surface area contributed by atoms with E-state index in [1.54, 1.807) is 35.4 Å². The van der Waals surface area contributed by atoms with E-state index in [9.17, 15) is 9.59 Å². The van der Waals surface area contributed by atoms with Gasteiger partial charge in [-0.3, -0.25) is 9.59 Å². The lowest BCUT2D eigenvalue weighted by molar-refractivity contribution is -0.129. The Morgan fingerprint density at radius 1 is 1.28 bits per heavy atom. The predicted octanol–water partition coefficient (Wildman–Crippen LogP) is 2.70. The number of nitrogens with one attached hydrogen (secondary N) is 1. The fraction of sp³-hybridized carbons (Fsp3) is 0.333. The first-order valence-corrected chi connectivity index (χ1v) is 8.98. The van der Waals surface area contributed by atoms with Crippen LogP contribution in [0.4, 0.5) is 0 Å². The van der Waals surface area contributed by atoms with Crippen molar-refractivity contribution >= 4 is 28.0 Å². The van der Waals surface area contributed by atoms with Crippen molar-refractivity contribution in [3.8, 4) is 0 Å². The van der Waals surface area contributed by atoms with Gasteiger partial charge in [0.15, 0.2) is 0 Å². The van der Waals surface area contributed by atoms with Gasteiger partial charge in [-0.2, -0.15) is 5.10 Å². The maximum absolute atomic E-state index is 12.6. The highest BCUT2D eigenvalue weighted by Gasteiger charge is 2.16. The van der Waals surface area contributed by atoms with E-state index >= 15 is 0 Å². The molecule has 130 valence electrons. The summed E-state index contributed by atoms with van der Waals surface area (Å²) < 4.78 is 0. The lowest BCUT2D eigenvalue weighted by Crippen LogP contribution is -2.28. The second kappa shape index (κ2) is 7.14. The number of hydrogen-bond donors (Lipinski definition) is 1. The third-order valence-corrected chi connectivity index (χ3v) is 5.18. The van der Waals surface area contributed by atoms with Crippen molar-refractivity contribution in [3.63, 3.8) is 0 Å². The lowest BCUT2D eigenvalue weighted by Gasteiger charge is -2.16. The number of amides is 1. The number of aromatic amines is 1. The maximum atomic E-state index is 12.6. The Bertz CT molecular complexity index is 961. The van der Waals surface area contributed by atoms with Crippen LogP contribution in [0.3, 0.4) is 0 Å². The van der Waals surface area contributed by atoms with Crippen LogP contribution in [0.5, 0.6) is 0 Å². The van der Waals surface area contributed by atoms with Gasteiger partial charge < -0.3 is 4.90 Å². The number of carbonyl (C=O) groups excluding carboxylic acids is 1. The minimum Gasteiger partial charge on any atom is -0.339 e. The molecule has 0 aliphatic rings. The van der Waals surface area contributed by atoms with Gasteiger partial charge in [0, 0.05) is 23.7 Å². The highest BCUT2D eigenvalue weighted by molar-refractivity contribution is 7.09. The van der Waals surface area contributed by atoms with Crippen LogP contribution in [0.2, 0.25) is 0 Å². The van der Waals surface area contributed by atoms with E-state index in [0.29, 0.717) is 28.9 Å². The largest absolute Gasteiger partial charge is 0.339 e. The molecule has 0 atom stereocenters. The minimum absolute atomic E-state index is 0.0659. The standard InChI is InChI=1S/C18H20N4O2S/c1-11(2)18-19-12(10-25-18)9-22(3)16(23)8-15-13-6-4-5-7-14(13)17(24)21-20-15/h4-7,10-11H,8-9H2,1-3H3,(H,21,24). The zero-order valence-corrected chi connectivity index (χ0v) is 15.3. The molecular weight excluding hydrogens is 336 g/mol. The molecule has 2 aromatic heterocycles. The molecule has 3 rings (SSSR count). The number of rotatable bonds is 5. The molecule has 0 aliphatic carbocycles. The van der Waals surface area contributed by atoms with E-state index in [-0.39, 0.29) is 17.9 Å². The zero-order chi connectivity index (χ0) is 18.0. The van der Waals surface area contributed by atoms with Crippen LogP contribution < -0.4 is 5.56 Å². The van der Waals surface area contributed by atoms with E-state index < -0.39 is 0 Å². The topological polar surface area (TPSA) is 79.0 Å². The van der Waals surface area contributed by atoms with E-state index in [1.807, 2.05) is 17.5 Å². The van der Waals surface area contributed by atoms with E-state index in [2.05, 4.69) is 29.0 Å². The summed E-state index contributed by atoms with van der Waals surface area (Å²) in [6, 6.07) is 7.18. The molecule has 6 nitrogen and oxygen atoms in total. The van der Waals surface area contributed by atoms with E-state index in [1.165, 1.54) is 0 Å². The van der Waals surface area contributed by atoms with Crippen molar-refractivity contribution < 1.29 is 4.79 Å². The second-order valence-electron chi connectivity index (χ2n) is 6.30. The van der Waals surface area contributed by atoms with Crippen LogP contribution in [-0.2, 0) is 17.8 Å². The fourth-order valence-electron chi connectivity index (χ4n) is 2.58. The minimum atomic E-state index is -0.246. The first-order valence-electron chi connectivity index (χ1n) is 8.10. The van der Waals surface area contributed by atoms with Gasteiger partial charge in [0.05, 0.1) is 34.7 Å². The quantitative estimate of drug-likeness (QED) is 0.762. The molecule has 0 fully saturated rings. The molecule has 2 heterocycles. The first kappa shape index (κ1) is 17.3. The normalized spacial score (nSPS) is 11.2. The Labute approximate surface area is 149 Å². The van der Waals surface area contributed by atoms with Crippen LogP contribution in [-0.4, -0.2) is 33.0 Å². The molecule has 1 amide bonds. The van der Waals surface area contributed by atoms with Gasteiger partial charge in [-0.05, 0) is 6.07 Å². The molecule has 1 N–H and O–H groups in total. The average Bonchev–Trinajstić information content (AvgIpc) is 3.06. The molecule has 3 aromatic rings. The van der Waals surface area contributed by atoms with Crippen molar-refractivity contribution in [3.05, 3.63) is 56.4 Å². The highest BCUT2D eigenvalue weighted by atomic mass is 32.1. The van der Waals surface area contributed by atoms with Crippen LogP contribution in [0.1, 0.15) is 36.2 Å². The fourth-order valence-corrected chi connectivity index (χ4v) is 3.40. The van der Waals surface area contributed by atoms with E-state index in [4.69, 9.17) is 0 Å². The Kier molecular flexibility index (Phi) is 4.94. The summed E-state index contributed by atoms with van der Waals surface area (Å²) >= 11 is 1.62. The van der Waals surface area contributed by atoms with Crippen molar-refractivity contribution in [2.75, 3.05) is 7.05 Å². The highest BCUT2D eigenvalue weighted by Crippen LogP contribution is 2.20. The first-order chi connectivity index (χ1) is 12.0. The maximum Gasteiger partial charge on any atom is 0.272 e. The number of hydrogen-bond acceptors (Lipinski definition) is 5. The third kappa shape index (κ3) is 3.76. The molecule has 0 saturated heterocycles. The van der Waals surface area contributed by atoms with Crippen LogP contribution in [0.25, 0.3) is 10.8 Å². The molecule has 0 aliphatic heterocycles. The van der Waals surface area contributed by atoms with Gasteiger partial charge in [0.1, 0.15) is 0 Å². The summed E-state index contributed by atoms with van der Waals surface area (Å²) in [4.78, 5) is 30.6. The Morgan fingerprint density at radius 2 is 2.00 bits per heavy atom. The summed E-state index contributed by atoms with van der Waals surface area (Å²) in [6.45, 7) is 4.66. The summed E-state index contributed by atoms with van der Waals surface area (Å²) in [6.07, 6.45) is 0.134. The predicted molar refractivity (Wildman–Crippen MR) is 98.7 cm³/mol. The van der Waals surface area contributed by atoms with Crippen molar-refractivity contribution in [1.29, 1.82) is 0 Å². The molecule has 25 heavy (non-hydrogen) atoms. The number of benzene rings is 1. The number of likely N-dealkylation sites (N-methyl/N-ethyl adjacent to an activating group) is 1. The Hall–Kier alpha value is -2.54. The SMILES string of the molecule is CC(C)c1nc(CN(C)C(=O)Cc2n[nH]c(=O)c3ccccc23)cs1. The van der Waals surface area contributed by atoms with Crippen LogP contribution in [0, 0.1) is 0 Å². The zero-order valence-electron chi connectivity index (χ0n) is 14.4. The molecule has 0 saturated carbocycles. The van der Waals surface area contributed by atoms with Crippen LogP contribution in [0.15, 0.2) is 34.4 Å². The second-order valence-corrected chi connectivity index (χ2v) is 7.19. The number of thiazole rings is 1. The number of fused-ring (bicyclic) bond motifs is 1. The van der Waals surface area contributed by atoms with Crippen LogP contribution >= 0.6 is 11.3 Å². The smallest absolute Gasteiger partial charge is 0.272 e. The number of aromatic nitrogens is 3. The monoisotopic (exact) mass is 356 g/mol. The number of H-pyrrole nitrogens is 1. The Balaban J connectivity index is 1.75. The molecule has 7 heteroatoms. The van der Waals surface area contributed by atoms with Gasteiger partial charge in [0.25, 0.3) is 5.56 Å². The number of carbonyl (C=O) groups is 1. The summed E-state index contributed by atoms with van der Waals surface area (Å²) in [5.41, 5.74) is 1.22. The third-order valence-electron chi connectivity index (χ3n) is 3.98. The van der Waals surface area contributed by atoms with Crippen molar-refractivity contribution in [2.24, 2.45) is 0 Å². The molecule has 0 radical (unpaired) electrons. The lowest BCUT2D eigenvalue weighted by atomic mass is 10.1. The average molecular weight is 356 g/mol. The molecule has 0 spiro atoms. The van der Waals surface area contributed by atoms with Gasteiger partial charge in [-0.15, -0.1) is 11.3 Å². The molecule has 1 aromatic carbocycles. The van der Waals surface area contributed by atoms with Gasteiger partial charge in [0.2, 0.25) is 5.91 Å². The van der Waals surface area contributed by atoms with Gasteiger partial charge in [-0.1, -0.05) is 32.0 Å². The molecular formula is C18H20N4O2S. The summed E-state index contributed by atoms with van der Waals surface area (Å²) in [7, 11) is 1.75. The molecule has 0 bridgehead atoms.